The SMILES string of the molecule is C=CCCC1CCC(c2ccc3cc(CCc4ccc(C5CCC(CCC)CC5)c(F)c4F)oc(=O)c3c2F)CC1. The fourth-order valence-corrected chi connectivity index (χ4v) is 7.40. The lowest BCUT2D eigenvalue weighted by Crippen LogP contribution is -2.15. The molecule has 0 atom stereocenters. The van der Waals surface area contributed by atoms with E-state index < -0.39 is 23.1 Å². The van der Waals surface area contributed by atoms with Gasteiger partial charge in [-0.05, 0) is 122 Å². The molecule has 0 radical (unpaired) electrons. The Balaban J connectivity index is 1.26. The molecule has 1 aromatic heterocycles. The van der Waals surface area contributed by atoms with Gasteiger partial charge in [0, 0.05) is 6.42 Å². The molecule has 0 spiro atoms. The van der Waals surface area contributed by atoms with E-state index in [0.29, 0.717) is 34.1 Å². The lowest BCUT2D eigenvalue weighted by atomic mass is 9.77. The molecule has 2 saturated carbocycles. The highest BCUT2D eigenvalue weighted by Crippen LogP contribution is 2.40. The molecule has 3 aromatic rings. The summed E-state index contributed by atoms with van der Waals surface area (Å²) in [6.07, 6.45) is 14.8. The second kappa shape index (κ2) is 13.4. The number of aryl methyl sites for hydroxylation is 2. The van der Waals surface area contributed by atoms with E-state index in [0.717, 1.165) is 70.6 Å². The molecule has 2 aliphatic carbocycles. The molecule has 2 fully saturated rings. The minimum Gasteiger partial charge on any atom is -0.427 e. The van der Waals surface area contributed by atoms with Crippen molar-refractivity contribution >= 4 is 10.8 Å². The molecule has 2 nitrogen and oxygen atoms in total. The molecule has 0 N–H and O–H groups in total. The summed E-state index contributed by atoms with van der Waals surface area (Å²) in [6.45, 7) is 5.99. The quantitative estimate of drug-likeness (QED) is 0.229. The molecular formula is C36H43F3O2. The van der Waals surface area contributed by atoms with Crippen LogP contribution in [-0.2, 0) is 12.8 Å². The summed E-state index contributed by atoms with van der Waals surface area (Å²) in [5.41, 5.74) is 0.627. The van der Waals surface area contributed by atoms with Crippen LogP contribution in [0.25, 0.3) is 10.8 Å². The van der Waals surface area contributed by atoms with Gasteiger partial charge in [-0.2, -0.15) is 0 Å². The predicted molar refractivity (Wildman–Crippen MR) is 160 cm³/mol. The molecule has 0 bridgehead atoms. The van der Waals surface area contributed by atoms with E-state index in [2.05, 4.69) is 13.5 Å². The van der Waals surface area contributed by atoms with Gasteiger partial charge in [-0.15, -0.1) is 6.58 Å². The average Bonchev–Trinajstić information content (AvgIpc) is 2.98. The van der Waals surface area contributed by atoms with Crippen molar-refractivity contribution in [1.29, 1.82) is 0 Å². The Morgan fingerprint density at radius 3 is 2.05 bits per heavy atom. The van der Waals surface area contributed by atoms with Crippen molar-refractivity contribution in [2.75, 3.05) is 0 Å². The van der Waals surface area contributed by atoms with Gasteiger partial charge < -0.3 is 4.42 Å². The summed E-state index contributed by atoms with van der Waals surface area (Å²) in [4.78, 5) is 12.9. The monoisotopic (exact) mass is 564 g/mol. The average molecular weight is 565 g/mol. The molecule has 0 amide bonds. The van der Waals surface area contributed by atoms with Crippen LogP contribution in [0.3, 0.4) is 0 Å². The van der Waals surface area contributed by atoms with Gasteiger partial charge in [-0.1, -0.05) is 50.1 Å². The zero-order valence-electron chi connectivity index (χ0n) is 24.3. The standard InChI is InChI=1S/C36H43F3O2/c1-3-5-7-24-10-14-25(15-11-24)30-21-18-28-22-29(41-36(40)32(28)34(30)38)19-16-27-17-20-31(35(39)33(27)37)26-12-8-23(6-4-2)9-13-26/h3,17-18,20-26H,1,4-16,19H2,2H3. The van der Waals surface area contributed by atoms with Crippen molar-refractivity contribution in [3.63, 3.8) is 0 Å². The number of fused-ring (bicyclic) bond motifs is 1. The van der Waals surface area contributed by atoms with E-state index in [1.807, 2.05) is 6.08 Å². The molecule has 220 valence electrons. The van der Waals surface area contributed by atoms with Crippen LogP contribution in [0.2, 0.25) is 0 Å². The van der Waals surface area contributed by atoms with E-state index >= 15 is 13.2 Å². The Kier molecular flexibility index (Phi) is 9.72. The van der Waals surface area contributed by atoms with Gasteiger partial charge in [0.05, 0.1) is 0 Å². The zero-order valence-corrected chi connectivity index (χ0v) is 24.3. The second-order valence-electron chi connectivity index (χ2n) is 12.5. The third kappa shape index (κ3) is 6.65. The van der Waals surface area contributed by atoms with Gasteiger partial charge in [-0.25, -0.2) is 18.0 Å². The predicted octanol–water partition coefficient (Wildman–Crippen LogP) is 10.3. The Bertz CT molecular complexity index is 1410. The van der Waals surface area contributed by atoms with Crippen LogP contribution in [0.5, 0.6) is 0 Å². The molecule has 41 heavy (non-hydrogen) atoms. The maximum absolute atomic E-state index is 15.6. The van der Waals surface area contributed by atoms with Gasteiger partial charge in [0.15, 0.2) is 11.6 Å². The highest BCUT2D eigenvalue weighted by Gasteiger charge is 2.27. The maximum atomic E-state index is 15.6. The number of rotatable bonds is 10. The van der Waals surface area contributed by atoms with Crippen molar-refractivity contribution in [2.45, 2.75) is 109 Å². The number of allylic oxidation sites excluding steroid dienone is 1. The first-order chi connectivity index (χ1) is 19.9. The number of halogens is 3. The number of hydrogen-bond donors (Lipinski definition) is 0. The number of benzene rings is 2. The molecular weight excluding hydrogens is 521 g/mol. The maximum Gasteiger partial charge on any atom is 0.346 e. The molecule has 5 heteroatoms. The smallest absolute Gasteiger partial charge is 0.346 e. The molecule has 2 aromatic carbocycles. The minimum atomic E-state index is -0.809. The zero-order chi connectivity index (χ0) is 28.9. The summed E-state index contributed by atoms with van der Waals surface area (Å²) in [7, 11) is 0. The minimum absolute atomic E-state index is 0.0183. The fourth-order valence-electron chi connectivity index (χ4n) is 7.40. The molecule has 0 aliphatic heterocycles. The Hall–Kier alpha value is -2.82. The van der Waals surface area contributed by atoms with Crippen molar-refractivity contribution < 1.29 is 17.6 Å². The lowest BCUT2D eigenvalue weighted by molar-refractivity contribution is 0.302. The first kappa shape index (κ1) is 29.7. The fraction of sp³-hybridized carbons (Fsp3) is 0.528. The Morgan fingerprint density at radius 1 is 0.805 bits per heavy atom. The van der Waals surface area contributed by atoms with Crippen molar-refractivity contribution in [3.05, 3.63) is 93.3 Å². The normalized spacial score (nSPS) is 23.1. The summed E-state index contributed by atoms with van der Waals surface area (Å²) < 4.78 is 51.3. The molecule has 2 aliphatic rings. The largest absolute Gasteiger partial charge is 0.427 e. The van der Waals surface area contributed by atoms with Crippen LogP contribution in [0.4, 0.5) is 13.2 Å². The van der Waals surface area contributed by atoms with Crippen LogP contribution < -0.4 is 5.63 Å². The molecule has 1 heterocycles. The van der Waals surface area contributed by atoms with Crippen LogP contribution in [-0.4, -0.2) is 0 Å². The van der Waals surface area contributed by atoms with Gasteiger partial charge in [0.25, 0.3) is 0 Å². The summed E-state index contributed by atoms with van der Waals surface area (Å²) in [5, 5.41) is 0.466. The van der Waals surface area contributed by atoms with Crippen molar-refractivity contribution in [1.82, 2.24) is 0 Å². The molecule has 0 saturated heterocycles. The van der Waals surface area contributed by atoms with Gasteiger partial charge in [0.1, 0.15) is 17.0 Å². The second-order valence-corrected chi connectivity index (χ2v) is 12.5. The van der Waals surface area contributed by atoms with Crippen molar-refractivity contribution in [2.24, 2.45) is 11.8 Å². The van der Waals surface area contributed by atoms with Crippen LogP contribution in [0, 0.1) is 29.3 Å². The first-order valence-electron chi connectivity index (χ1n) is 15.7. The van der Waals surface area contributed by atoms with Crippen LogP contribution in [0.1, 0.15) is 118 Å². The van der Waals surface area contributed by atoms with Crippen molar-refractivity contribution in [3.8, 4) is 0 Å². The van der Waals surface area contributed by atoms with Gasteiger partial charge in [0.2, 0.25) is 0 Å². The highest BCUT2D eigenvalue weighted by atomic mass is 19.2. The van der Waals surface area contributed by atoms with E-state index in [9.17, 15) is 4.79 Å². The summed E-state index contributed by atoms with van der Waals surface area (Å²) in [6, 6.07) is 8.66. The highest BCUT2D eigenvalue weighted by molar-refractivity contribution is 5.83. The van der Waals surface area contributed by atoms with Gasteiger partial charge in [-0.3, -0.25) is 0 Å². The van der Waals surface area contributed by atoms with E-state index in [1.54, 1.807) is 30.3 Å². The third-order valence-corrected chi connectivity index (χ3v) is 9.83. The van der Waals surface area contributed by atoms with Crippen LogP contribution in [0.15, 0.2) is 52.2 Å². The van der Waals surface area contributed by atoms with E-state index in [1.165, 1.54) is 6.42 Å². The number of hydrogen-bond acceptors (Lipinski definition) is 2. The van der Waals surface area contributed by atoms with E-state index in [-0.39, 0.29) is 35.6 Å². The molecule has 0 unspecified atom stereocenters. The molecule has 5 rings (SSSR count). The summed E-state index contributed by atoms with van der Waals surface area (Å²) >= 11 is 0. The Labute approximate surface area is 242 Å². The Morgan fingerprint density at radius 2 is 1.41 bits per heavy atom. The third-order valence-electron chi connectivity index (χ3n) is 9.83. The lowest BCUT2D eigenvalue weighted by Gasteiger charge is -2.29. The van der Waals surface area contributed by atoms with Crippen LogP contribution >= 0.6 is 0 Å². The summed E-state index contributed by atoms with van der Waals surface area (Å²) in [5.74, 6) is -0.168. The van der Waals surface area contributed by atoms with Gasteiger partial charge >= 0.3 is 5.63 Å². The van der Waals surface area contributed by atoms with E-state index in [4.69, 9.17) is 4.42 Å². The first-order valence-corrected chi connectivity index (χ1v) is 15.7. The topological polar surface area (TPSA) is 30.2 Å².